The fourth-order valence-electron chi connectivity index (χ4n) is 11.1. The number of amides is 1. The summed E-state index contributed by atoms with van der Waals surface area (Å²) in [4.78, 5) is 17.2. The zero-order chi connectivity index (χ0) is 53.7. The summed E-state index contributed by atoms with van der Waals surface area (Å²) in [6.07, 6.45) is 5.78. The van der Waals surface area contributed by atoms with E-state index < -0.39 is 44.6 Å². The van der Waals surface area contributed by atoms with Crippen LogP contribution in [-0.4, -0.2) is 88.3 Å². The number of hydrogen-bond donors (Lipinski definition) is 2. The van der Waals surface area contributed by atoms with Crippen molar-refractivity contribution in [3.63, 3.8) is 0 Å². The van der Waals surface area contributed by atoms with Crippen LogP contribution in [-0.2, 0) is 4.79 Å². The molecule has 66 heavy (non-hydrogen) atoms. The van der Waals surface area contributed by atoms with Crippen molar-refractivity contribution in [3.8, 4) is 0 Å². The standard InChI is InChI=1S/C29H41F2N5O.C22H33N5.2H2S/c1-19(2)27-34-33-20(3)36(27)25-17-23-9-10-24(18-25)35(23)16-13-26(21-7-5-4-6-8-21)32-28(37)22-11-14-29(30,31)15-12-22;1-15(2)22-25-24-16(3)27(22)20-13-18-9-10-19(14-20)26(18)12-11-21(23)17-7-5-4-6-8-17;;/h4-8,19,22-26H,9-18H2,1-3H3,(H,32,37);4-8,15,18-21H,9-14,23H2,1-3H3;2*1H2/t23?,24?,25?,26-;18?,19?,20?,21-;;/m00../s1/i3D3,16D2;3D3,12D2;;. The van der Waals surface area contributed by atoms with Gasteiger partial charge in [0.1, 0.15) is 23.3 Å². The first-order chi connectivity index (χ1) is 34.6. The lowest BCUT2D eigenvalue weighted by atomic mass is 9.86. The number of nitrogens with zero attached hydrogens (tertiary/aromatic N) is 8. The van der Waals surface area contributed by atoms with Crippen LogP contribution in [0.1, 0.15) is 202 Å². The molecule has 2 aromatic carbocycles. The molecule has 1 aliphatic carbocycles. The minimum atomic E-state index is -2.73. The molecule has 6 heterocycles. The molecule has 6 atom stereocenters. The monoisotopic (exact) mass is 959 g/mol. The second-order valence-corrected chi connectivity index (χ2v) is 19.5. The van der Waals surface area contributed by atoms with Crippen molar-refractivity contribution < 1.29 is 27.3 Å². The van der Waals surface area contributed by atoms with E-state index in [-0.39, 0.29) is 137 Å². The van der Waals surface area contributed by atoms with Crippen molar-refractivity contribution in [2.75, 3.05) is 13.0 Å². The SMILES string of the molecule is S.S.[2H]C([2H])([2H])c1nnc(C(C)C)n1C1CC2CCC(C1)N2C([2H])([2H])C[C@H](N)c1ccccc1.[2H]C([2H])([2H])c1nnc(C(C)C)n1C1CC2CCC(C1)N2C([2H])([2H])C[C@H](NC(=O)C1CCC(F)(F)CC1)c1ccccc1. The van der Waals surface area contributed by atoms with Gasteiger partial charge in [0.05, 0.1) is 6.04 Å². The summed E-state index contributed by atoms with van der Waals surface area (Å²) in [5.74, 6) is -2.13. The van der Waals surface area contributed by atoms with Gasteiger partial charge in [0, 0.05) is 99.6 Å². The van der Waals surface area contributed by atoms with E-state index in [0.717, 1.165) is 36.8 Å². The first-order valence-electron chi connectivity index (χ1n) is 28.7. The first kappa shape index (κ1) is 39.5. The summed E-state index contributed by atoms with van der Waals surface area (Å²) in [5.41, 5.74) is 8.08. The second-order valence-electron chi connectivity index (χ2n) is 19.5. The van der Waals surface area contributed by atoms with E-state index in [1.165, 1.54) is 0 Å². The number of carbonyl (C=O) groups is 1. The van der Waals surface area contributed by atoms with Crippen molar-refractivity contribution >= 4 is 32.9 Å². The van der Waals surface area contributed by atoms with Gasteiger partial charge in [0.15, 0.2) is 0 Å². The molecule has 2 aromatic heterocycles. The first-order valence-corrected chi connectivity index (χ1v) is 23.7. The van der Waals surface area contributed by atoms with Crippen molar-refractivity contribution in [1.29, 1.82) is 0 Å². The molecule has 3 N–H and O–H groups in total. The third-order valence-corrected chi connectivity index (χ3v) is 14.4. The van der Waals surface area contributed by atoms with Gasteiger partial charge in [-0.25, -0.2) is 8.78 Å². The Hall–Kier alpha value is -3.37. The Morgan fingerprint density at radius 2 is 1.11 bits per heavy atom. The van der Waals surface area contributed by atoms with Crippen LogP contribution in [0.4, 0.5) is 8.78 Å². The number of aryl methyl sites for hydroxylation is 2. The largest absolute Gasteiger partial charge is 0.349 e. The third-order valence-electron chi connectivity index (χ3n) is 14.4. The van der Waals surface area contributed by atoms with Gasteiger partial charge < -0.3 is 20.2 Å². The molecule has 1 amide bonds. The van der Waals surface area contributed by atoms with Crippen molar-refractivity contribution in [3.05, 3.63) is 95.1 Å². The number of nitrogens with one attached hydrogen (secondary N) is 1. The van der Waals surface area contributed by atoms with Crippen LogP contribution in [0.25, 0.3) is 0 Å². The Morgan fingerprint density at radius 1 is 0.682 bits per heavy atom. The number of nitrogens with two attached hydrogens (primary N) is 1. The lowest BCUT2D eigenvalue weighted by molar-refractivity contribution is -0.130. The molecule has 4 aromatic rings. The van der Waals surface area contributed by atoms with Gasteiger partial charge >= 0.3 is 0 Å². The highest BCUT2D eigenvalue weighted by molar-refractivity contribution is 7.59. The van der Waals surface area contributed by atoms with Gasteiger partial charge in [-0.15, -0.1) is 20.4 Å². The van der Waals surface area contributed by atoms with Gasteiger partial charge in [-0.05, 0) is 102 Å². The number of piperidine rings is 2. The minimum absolute atomic E-state index is 0. The number of benzene rings is 2. The van der Waals surface area contributed by atoms with Gasteiger partial charge in [-0.3, -0.25) is 14.6 Å². The number of alkyl halides is 2. The van der Waals surface area contributed by atoms with Gasteiger partial charge in [0.25, 0.3) is 0 Å². The molecule has 5 aliphatic rings. The predicted molar refractivity (Wildman–Crippen MR) is 269 cm³/mol. The van der Waals surface area contributed by atoms with E-state index in [4.69, 9.17) is 16.7 Å². The fourth-order valence-corrected chi connectivity index (χ4v) is 11.1. The molecular formula is C51H78F2N10OS2. The third kappa shape index (κ3) is 11.9. The highest BCUT2D eigenvalue weighted by Gasteiger charge is 2.44. The van der Waals surface area contributed by atoms with Crippen LogP contribution in [0.15, 0.2) is 60.7 Å². The van der Waals surface area contributed by atoms with Gasteiger partial charge in [0.2, 0.25) is 11.8 Å². The summed E-state index contributed by atoms with van der Waals surface area (Å²) in [6.45, 7) is -0.119. The second kappa shape index (κ2) is 22.8. The molecule has 0 radical (unpaired) electrons. The summed E-state index contributed by atoms with van der Waals surface area (Å²) < 4.78 is 115. The lowest BCUT2D eigenvalue weighted by Gasteiger charge is -2.40. The fraction of sp³-hybridized carbons (Fsp3) is 0.667. The summed E-state index contributed by atoms with van der Waals surface area (Å²) in [7, 11) is 0. The van der Waals surface area contributed by atoms with E-state index in [1.807, 2.05) is 103 Å². The molecule has 5 fully saturated rings. The van der Waals surface area contributed by atoms with Crippen LogP contribution >= 0.6 is 27.0 Å². The molecule has 1 saturated carbocycles. The average molecular weight is 959 g/mol. The van der Waals surface area contributed by atoms with E-state index in [9.17, 15) is 16.3 Å². The molecule has 4 saturated heterocycles. The van der Waals surface area contributed by atoms with Crippen LogP contribution in [0, 0.1) is 19.6 Å². The number of carbonyl (C=O) groups excluding carboxylic acids is 1. The lowest BCUT2D eigenvalue weighted by Crippen LogP contribution is -2.45. The van der Waals surface area contributed by atoms with Crippen molar-refractivity contribution in [2.24, 2.45) is 11.7 Å². The maximum atomic E-state index is 13.7. The molecule has 4 bridgehead atoms. The summed E-state index contributed by atoms with van der Waals surface area (Å²) >= 11 is 0. The smallest absolute Gasteiger partial charge is 0.248 e. The number of hydrogen-bond acceptors (Lipinski definition) is 8. The topological polar surface area (TPSA) is 123 Å². The van der Waals surface area contributed by atoms with Gasteiger partial charge in [-0.1, -0.05) is 88.4 Å². The average Bonchev–Trinajstić information content (AvgIpc) is 4.11. The van der Waals surface area contributed by atoms with Gasteiger partial charge in [-0.2, -0.15) is 27.0 Å². The van der Waals surface area contributed by atoms with Crippen LogP contribution < -0.4 is 11.1 Å². The Bertz CT molecular complexity index is 2500. The summed E-state index contributed by atoms with van der Waals surface area (Å²) in [5, 5.41) is 19.6. The van der Waals surface area contributed by atoms with E-state index in [1.54, 1.807) is 4.57 Å². The van der Waals surface area contributed by atoms with Crippen LogP contribution in [0.5, 0.6) is 0 Å². The Kier molecular flexibility index (Phi) is 13.7. The number of fused-ring (bicyclic) bond motifs is 4. The molecule has 11 nitrogen and oxygen atoms in total. The zero-order valence-electron chi connectivity index (χ0n) is 48.8. The van der Waals surface area contributed by atoms with E-state index in [2.05, 4.69) is 25.7 Å². The number of aromatic nitrogens is 6. The Labute approximate surface area is 420 Å². The molecule has 0 spiro atoms. The molecule has 4 aliphatic heterocycles. The minimum Gasteiger partial charge on any atom is -0.349 e. The highest BCUT2D eigenvalue weighted by atomic mass is 32.1. The maximum Gasteiger partial charge on any atom is 0.248 e. The van der Waals surface area contributed by atoms with Crippen molar-refractivity contribution in [2.45, 2.75) is 197 Å². The van der Waals surface area contributed by atoms with Crippen molar-refractivity contribution in [1.82, 2.24) is 44.6 Å². The van der Waals surface area contributed by atoms with E-state index >= 15 is 0 Å². The zero-order valence-corrected chi connectivity index (χ0v) is 40.8. The van der Waals surface area contributed by atoms with Crippen LogP contribution in [0.3, 0.4) is 0 Å². The quantitative estimate of drug-likeness (QED) is 0.128. The Balaban J connectivity index is 0.000000249. The predicted octanol–water partition coefficient (Wildman–Crippen LogP) is 10.1. The molecule has 4 unspecified atom stereocenters. The molecule has 15 heteroatoms. The van der Waals surface area contributed by atoms with E-state index in [0.29, 0.717) is 37.3 Å². The normalized spacial score (nSPS) is 29.0. The molecular weight excluding hydrogens is 871 g/mol. The highest BCUT2D eigenvalue weighted by Crippen LogP contribution is 2.44. The molecule has 9 rings (SSSR count). The number of rotatable bonds is 14. The maximum absolute atomic E-state index is 13.7. The summed E-state index contributed by atoms with van der Waals surface area (Å²) in [6, 6.07) is 17.6. The Morgan fingerprint density at radius 3 is 1.53 bits per heavy atom. The van der Waals surface area contributed by atoms with Crippen LogP contribution in [0.2, 0.25) is 0 Å². The number of halogens is 2. The molecule has 364 valence electrons.